The molecule has 3 aromatic heterocycles. The van der Waals surface area contributed by atoms with Crippen LogP contribution in [0.2, 0.25) is 0 Å². The maximum atomic E-state index is 12.9. The molecule has 3 N–H and O–H groups in total. The molecule has 8 heteroatoms. The number of carbonyl (C=O) groups is 1. The molecule has 0 saturated heterocycles. The van der Waals surface area contributed by atoms with E-state index in [1.165, 1.54) is 6.07 Å². The van der Waals surface area contributed by atoms with Crippen molar-refractivity contribution in [3.05, 3.63) is 99.4 Å². The first-order chi connectivity index (χ1) is 15.5. The maximum Gasteiger partial charge on any atom is 0.251 e. The first-order valence-electron chi connectivity index (χ1n) is 10.4. The smallest absolute Gasteiger partial charge is 0.251 e. The summed E-state index contributed by atoms with van der Waals surface area (Å²) in [5, 5.41) is 10.2. The Labute approximate surface area is 185 Å². The Kier molecular flexibility index (Phi) is 6.21. The lowest BCUT2D eigenvalue weighted by Gasteiger charge is -2.19. The number of rotatable bonds is 7. The predicted molar refractivity (Wildman–Crippen MR) is 121 cm³/mol. The van der Waals surface area contributed by atoms with Crippen molar-refractivity contribution in [1.29, 1.82) is 0 Å². The standard InChI is InChI=1S/C24H24N6O2/c1-15-19(16(2)30-29-15)14-23(32)27-21(17-8-4-3-5-9-17)12-18-13-22(31)28-24(26-18)20-10-6-7-11-25-20/h3-11,13,21H,12,14H2,1-2H3,(H,27,32)(H,29,30)(H,26,28,31)/t21-/m0/s1. The Bertz CT molecular complexity index is 1250. The number of pyridine rings is 1. The normalized spacial score (nSPS) is 11.8. The third kappa shape index (κ3) is 4.97. The SMILES string of the molecule is Cc1n[nH]c(C)c1CC(=O)N[C@@H](Cc1cc(=O)[nH]c(-c2ccccn2)n1)c1ccccc1. The molecule has 0 radical (unpaired) electrons. The minimum atomic E-state index is -0.345. The van der Waals surface area contributed by atoms with Crippen molar-refractivity contribution >= 4 is 5.91 Å². The Morgan fingerprint density at radius 3 is 2.56 bits per heavy atom. The van der Waals surface area contributed by atoms with Gasteiger partial charge in [-0.05, 0) is 31.5 Å². The molecule has 32 heavy (non-hydrogen) atoms. The third-order valence-electron chi connectivity index (χ3n) is 5.27. The van der Waals surface area contributed by atoms with Gasteiger partial charge in [-0.25, -0.2) is 4.98 Å². The van der Waals surface area contributed by atoms with E-state index in [0.29, 0.717) is 23.6 Å². The van der Waals surface area contributed by atoms with Gasteiger partial charge in [0.25, 0.3) is 5.56 Å². The van der Waals surface area contributed by atoms with Crippen LogP contribution in [0.4, 0.5) is 0 Å². The largest absolute Gasteiger partial charge is 0.349 e. The van der Waals surface area contributed by atoms with E-state index in [-0.39, 0.29) is 23.9 Å². The second kappa shape index (κ2) is 9.38. The summed E-state index contributed by atoms with van der Waals surface area (Å²) in [5.74, 6) is 0.275. The van der Waals surface area contributed by atoms with Crippen LogP contribution in [0.3, 0.4) is 0 Å². The van der Waals surface area contributed by atoms with Gasteiger partial charge >= 0.3 is 0 Å². The number of carbonyl (C=O) groups excluding carboxylic acids is 1. The van der Waals surface area contributed by atoms with Crippen LogP contribution in [-0.4, -0.2) is 31.1 Å². The Morgan fingerprint density at radius 2 is 1.88 bits per heavy atom. The monoisotopic (exact) mass is 428 g/mol. The van der Waals surface area contributed by atoms with E-state index in [0.717, 1.165) is 22.5 Å². The van der Waals surface area contributed by atoms with Crippen molar-refractivity contribution in [2.45, 2.75) is 32.7 Å². The highest BCUT2D eigenvalue weighted by atomic mass is 16.1. The number of H-pyrrole nitrogens is 2. The number of amides is 1. The molecule has 1 atom stereocenters. The summed E-state index contributed by atoms with van der Waals surface area (Å²) in [7, 11) is 0. The van der Waals surface area contributed by atoms with Crippen molar-refractivity contribution in [3.63, 3.8) is 0 Å². The lowest BCUT2D eigenvalue weighted by molar-refractivity contribution is -0.121. The van der Waals surface area contributed by atoms with Gasteiger partial charge in [0.2, 0.25) is 5.91 Å². The highest BCUT2D eigenvalue weighted by Crippen LogP contribution is 2.19. The molecule has 4 rings (SSSR count). The third-order valence-corrected chi connectivity index (χ3v) is 5.27. The Balaban J connectivity index is 1.60. The fourth-order valence-electron chi connectivity index (χ4n) is 3.62. The van der Waals surface area contributed by atoms with Gasteiger partial charge in [-0.15, -0.1) is 0 Å². The zero-order valence-corrected chi connectivity index (χ0v) is 17.9. The van der Waals surface area contributed by atoms with Gasteiger partial charge in [0.05, 0.1) is 23.9 Å². The minimum Gasteiger partial charge on any atom is -0.349 e. The molecular weight excluding hydrogens is 404 g/mol. The van der Waals surface area contributed by atoms with E-state index in [1.807, 2.05) is 50.2 Å². The maximum absolute atomic E-state index is 12.9. The molecule has 8 nitrogen and oxygen atoms in total. The summed E-state index contributed by atoms with van der Waals surface area (Å²) in [6, 6.07) is 16.2. The van der Waals surface area contributed by atoms with Gasteiger partial charge in [0.15, 0.2) is 5.82 Å². The van der Waals surface area contributed by atoms with E-state index >= 15 is 0 Å². The number of nitrogens with one attached hydrogen (secondary N) is 3. The fourth-order valence-corrected chi connectivity index (χ4v) is 3.62. The van der Waals surface area contributed by atoms with Crippen molar-refractivity contribution in [3.8, 4) is 11.5 Å². The average Bonchev–Trinajstić information content (AvgIpc) is 3.11. The van der Waals surface area contributed by atoms with E-state index in [4.69, 9.17) is 0 Å². The van der Waals surface area contributed by atoms with Crippen molar-refractivity contribution < 1.29 is 4.79 Å². The van der Waals surface area contributed by atoms with Crippen LogP contribution >= 0.6 is 0 Å². The van der Waals surface area contributed by atoms with Gasteiger partial charge in [-0.2, -0.15) is 5.10 Å². The lowest BCUT2D eigenvalue weighted by Crippen LogP contribution is -2.32. The number of hydrogen-bond acceptors (Lipinski definition) is 5. The molecule has 3 heterocycles. The summed E-state index contributed by atoms with van der Waals surface area (Å²) in [4.78, 5) is 36.8. The number of hydrogen-bond donors (Lipinski definition) is 3. The van der Waals surface area contributed by atoms with E-state index in [1.54, 1.807) is 18.3 Å². The molecule has 0 bridgehead atoms. The summed E-state index contributed by atoms with van der Waals surface area (Å²) in [6.45, 7) is 3.77. The molecule has 0 aliphatic rings. The summed E-state index contributed by atoms with van der Waals surface area (Å²) in [5.41, 5.74) is 4.40. The molecule has 4 aromatic rings. The Hall–Kier alpha value is -4.07. The molecule has 0 aliphatic carbocycles. The van der Waals surface area contributed by atoms with Crippen LogP contribution in [0.5, 0.6) is 0 Å². The number of aryl methyl sites for hydroxylation is 2. The molecule has 0 saturated carbocycles. The molecule has 0 unspecified atom stereocenters. The lowest BCUT2D eigenvalue weighted by atomic mass is 10.0. The van der Waals surface area contributed by atoms with Crippen molar-refractivity contribution in [1.82, 2.24) is 30.5 Å². The summed E-state index contributed by atoms with van der Waals surface area (Å²) >= 11 is 0. The molecule has 162 valence electrons. The average molecular weight is 428 g/mol. The van der Waals surface area contributed by atoms with Gasteiger partial charge in [-0.3, -0.25) is 19.7 Å². The molecule has 1 aromatic carbocycles. The zero-order valence-electron chi connectivity index (χ0n) is 17.9. The highest BCUT2D eigenvalue weighted by Gasteiger charge is 2.19. The van der Waals surface area contributed by atoms with Crippen LogP contribution in [-0.2, 0) is 17.6 Å². The topological polar surface area (TPSA) is 116 Å². The van der Waals surface area contributed by atoms with Gasteiger partial charge < -0.3 is 10.3 Å². The van der Waals surface area contributed by atoms with E-state index in [9.17, 15) is 9.59 Å². The first kappa shape index (κ1) is 21.2. The quantitative estimate of drug-likeness (QED) is 0.419. The summed E-state index contributed by atoms with van der Waals surface area (Å²) in [6.07, 6.45) is 2.23. The Morgan fingerprint density at radius 1 is 1.09 bits per heavy atom. The van der Waals surface area contributed by atoms with Gasteiger partial charge in [0.1, 0.15) is 5.69 Å². The van der Waals surface area contributed by atoms with Crippen LogP contribution in [0.1, 0.15) is 34.3 Å². The van der Waals surface area contributed by atoms with Crippen LogP contribution in [0.15, 0.2) is 65.6 Å². The number of aromatic amines is 2. The van der Waals surface area contributed by atoms with Crippen molar-refractivity contribution in [2.75, 3.05) is 0 Å². The number of aromatic nitrogens is 5. The van der Waals surface area contributed by atoms with Crippen LogP contribution < -0.4 is 10.9 Å². The highest BCUT2D eigenvalue weighted by molar-refractivity contribution is 5.79. The minimum absolute atomic E-state index is 0.124. The zero-order chi connectivity index (χ0) is 22.5. The first-order valence-corrected chi connectivity index (χ1v) is 10.4. The van der Waals surface area contributed by atoms with Gasteiger partial charge in [-0.1, -0.05) is 36.4 Å². The number of nitrogens with zero attached hydrogens (tertiary/aromatic N) is 3. The molecule has 0 spiro atoms. The number of benzene rings is 1. The second-order valence-corrected chi connectivity index (χ2v) is 7.62. The second-order valence-electron chi connectivity index (χ2n) is 7.62. The fraction of sp³-hybridized carbons (Fsp3) is 0.208. The summed E-state index contributed by atoms with van der Waals surface area (Å²) < 4.78 is 0. The van der Waals surface area contributed by atoms with E-state index < -0.39 is 0 Å². The van der Waals surface area contributed by atoms with E-state index in [2.05, 4.69) is 30.5 Å². The molecule has 0 aliphatic heterocycles. The van der Waals surface area contributed by atoms with Crippen LogP contribution in [0.25, 0.3) is 11.5 Å². The molecule has 0 fully saturated rings. The van der Waals surface area contributed by atoms with Gasteiger partial charge in [0, 0.05) is 29.9 Å². The predicted octanol–water partition coefficient (Wildman–Crippen LogP) is 2.81. The molecule has 1 amide bonds. The van der Waals surface area contributed by atoms with Crippen molar-refractivity contribution in [2.24, 2.45) is 0 Å². The molecular formula is C24H24N6O2. The van der Waals surface area contributed by atoms with Crippen LogP contribution in [0, 0.1) is 13.8 Å².